The average Bonchev–Trinajstić information content (AvgIpc) is 3.03. The molecule has 0 spiro atoms. The molecule has 0 saturated carbocycles. The molecule has 0 saturated heterocycles. The van der Waals surface area contributed by atoms with Gasteiger partial charge >= 0.3 is 0 Å². The minimum Gasteiger partial charge on any atom is -0.486 e. The first-order valence-corrected chi connectivity index (χ1v) is 9.90. The van der Waals surface area contributed by atoms with Crippen LogP contribution in [0.2, 0.25) is 0 Å². The van der Waals surface area contributed by atoms with Crippen LogP contribution in [0.1, 0.15) is 35.5 Å². The second-order valence-corrected chi connectivity index (χ2v) is 7.33. The molecule has 7 nitrogen and oxygen atoms in total. The van der Waals surface area contributed by atoms with Gasteiger partial charge in [-0.2, -0.15) is 5.26 Å². The number of ether oxygens (including phenoxy) is 3. The van der Waals surface area contributed by atoms with Crippen LogP contribution in [0.4, 0.5) is 0 Å². The van der Waals surface area contributed by atoms with Crippen LogP contribution in [0.25, 0.3) is 6.08 Å². The number of hydrogen-bond donors (Lipinski definition) is 1. The largest absolute Gasteiger partial charge is 0.486 e. The summed E-state index contributed by atoms with van der Waals surface area (Å²) in [5, 5.41) is 12.3. The lowest BCUT2D eigenvalue weighted by Crippen LogP contribution is -2.24. The fraction of sp³-hybridized carbons (Fsp3) is 0.391. The highest BCUT2D eigenvalue weighted by molar-refractivity contribution is 6.01. The van der Waals surface area contributed by atoms with Gasteiger partial charge in [-0.1, -0.05) is 6.07 Å². The highest BCUT2D eigenvalue weighted by Gasteiger charge is 2.16. The molecule has 2 aromatic rings. The number of nitrogens with one attached hydrogen (secondary N) is 1. The van der Waals surface area contributed by atoms with Crippen molar-refractivity contribution in [1.82, 2.24) is 9.88 Å². The Morgan fingerprint density at radius 3 is 2.73 bits per heavy atom. The van der Waals surface area contributed by atoms with E-state index < -0.39 is 5.91 Å². The molecule has 0 radical (unpaired) electrons. The maximum Gasteiger partial charge on any atom is 0.262 e. The van der Waals surface area contributed by atoms with Gasteiger partial charge in [0.2, 0.25) is 0 Å². The zero-order valence-electron chi connectivity index (χ0n) is 17.8. The zero-order valence-corrected chi connectivity index (χ0v) is 17.8. The summed E-state index contributed by atoms with van der Waals surface area (Å²) in [5.74, 6) is 0.954. The number of carbonyl (C=O) groups excluding carboxylic acids is 1. The summed E-state index contributed by atoms with van der Waals surface area (Å²) in [6.45, 7) is 7.97. The fourth-order valence-electron chi connectivity index (χ4n) is 3.72. The molecule has 1 amide bonds. The minimum absolute atomic E-state index is 0.0622. The van der Waals surface area contributed by atoms with Crippen molar-refractivity contribution in [2.24, 2.45) is 0 Å². The van der Waals surface area contributed by atoms with Crippen molar-refractivity contribution in [3.63, 3.8) is 0 Å². The molecule has 30 heavy (non-hydrogen) atoms. The van der Waals surface area contributed by atoms with E-state index in [1.807, 2.05) is 44.2 Å². The highest BCUT2D eigenvalue weighted by Crippen LogP contribution is 2.30. The third-order valence-electron chi connectivity index (χ3n) is 5.10. The van der Waals surface area contributed by atoms with Gasteiger partial charge in [-0.3, -0.25) is 4.79 Å². The minimum atomic E-state index is -0.415. The van der Waals surface area contributed by atoms with Gasteiger partial charge in [0, 0.05) is 25.0 Å². The van der Waals surface area contributed by atoms with Crippen molar-refractivity contribution in [3.8, 4) is 17.6 Å². The molecule has 0 bridgehead atoms. The smallest absolute Gasteiger partial charge is 0.262 e. The van der Waals surface area contributed by atoms with E-state index in [0.29, 0.717) is 37.9 Å². The van der Waals surface area contributed by atoms with Gasteiger partial charge in [-0.25, -0.2) is 0 Å². The predicted molar refractivity (Wildman–Crippen MR) is 113 cm³/mol. The molecule has 1 aromatic heterocycles. The van der Waals surface area contributed by atoms with E-state index in [4.69, 9.17) is 14.2 Å². The number of fused-ring (bicyclic) bond motifs is 1. The van der Waals surface area contributed by atoms with Gasteiger partial charge in [0.1, 0.15) is 24.9 Å². The van der Waals surface area contributed by atoms with Crippen LogP contribution >= 0.6 is 0 Å². The fourth-order valence-corrected chi connectivity index (χ4v) is 3.72. The molecule has 1 unspecified atom stereocenters. The first-order chi connectivity index (χ1) is 14.4. The quantitative estimate of drug-likeness (QED) is 0.560. The van der Waals surface area contributed by atoms with E-state index in [-0.39, 0.29) is 11.6 Å². The van der Waals surface area contributed by atoms with Crippen LogP contribution < -0.4 is 14.8 Å². The SMILES string of the molecule is COCC(C)n1c(C)cc(/C=C(/C#N)C(=O)NCc2ccc3c(c2)OCCO3)c1C. The van der Waals surface area contributed by atoms with E-state index in [1.54, 1.807) is 13.2 Å². The number of amides is 1. The van der Waals surface area contributed by atoms with Crippen LogP contribution in [-0.4, -0.2) is 37.4 Å². The van der Waals surface area contributed by atoms with Crippen LogP contribution in [0.3, 0.4) is 0 Å². The second kappa shape index (κ2) is 9.51. The number of aryl methyl sites for hydroxylation is 1. The maximum absolute atomic E-state index is 12.6. The van der Waals surface area contributed by atoms with E-state index >= 15 is 0 Å². The summed E-state index contributed by atoms with van der Waals surface area (Å²) >= 11 is 0. The van der Waals surface area contributed by atoms with E-state index in [1.165, 1.54) is 0 Å². The number of rotatable bonds is 7. The summed E-state index contributed by atoms with van der Waals surface area (Å²) < 4.78 is 18.5. The molecule has 1 aliphatic heterocycles. The van der Waals surface area contributed by atoms with Gasteiger partial charge in [0.05, 0.1) is 12.6 Å². The summed E-state index contributed by atoms with van der Waals surface area (Å²) in [6, 6.07) is 9.69. The molecule has 7 heteroatoms. The number of carbonyl (C=O) groups is 1. The second-order valence-electron chi connectivity index (χ2n) is 7.33. The van der Waals surface area contributed by atoms with Gasteiger partial charge in [0.25, 0.3) is 5.91 Å². The average molecular weight is 409 g/mol. The number of nitriles is 1. The lowest BCUT2D eigenvalue weighted by molar-refractivity contribution is -0.117. The highest BCUT2D eigenvalue weighted by atomic mass is 16.6. The standard InChI is InChI=1S/C23H27N3O4/c1-15-9-19(17(3)26(15)16(2)14-28-4)11-20(12-24)23(27)25-13-18-5-6-21-22(10-18)30-8-7-29-21/h5-6,9-11,16H,7-8,13-14H2,1-4H3,(H,25,27)/b20-11-. The summed E-state index contributed by atoms with van der Waals surface area (Å²) in [5.41, 5.74) is 3.83. The van der Waals surface area contributed by atoms with Crippen molar-refractivity contribution in [3.05, 3.63) is 52.4 Å². The van der Waals surface area contributed by atoms with Crippen LogP contribution in [0.5, 0.6) is 11.5 Å². The van der Waals surface area contributed by atoms with Crippen molar-refractivity contribution < 1.29 is 19.0 Å². The van der Waals surface area contributed by atoms with Crippen molar-refractivity contribution in [2.75, 3.05) is 26.9 Å². The zero-order chi connectivity index (χ0) is 21.7. The number of hydrogen-bond acceptors (Lipinski definition) is 5. The molecule has 1 atom stereocenters. The molecule has 1 aliphatic rings. The molecular formula is C23H27N3O4. The van der Waals surface area contributed by atoms with E-state index in [9.17, 15) is 10.1 Å². The Morgan fingerprint density at radius 1 is 1.30 bits per heavy atom. The molecule has 0 aliphatic carbocycles. The molecule has 158 valence electrons. The van der Waals surface area contributed by atoms with Crippen molar-refractivity contribution >= 4 is 12.0 Å². The van der Waals surface area contributed by atoms with E-state index in [0.717, 1.165) is 22.5 Å². The molecule has 0 fully saturated rings. The number of nitrogens with zero attached hydrogens (tertiary/aromatic N) is 2. The third-order valence-corrected chi connectivity index (χ3v) is 5.10. The topological polar surface area (TPSA) is 85.5 Å². The van der Waals surface area contributed by atoms with Gasteiger partial charge in [-0.15, -0.1) is 0 Å². The number of benzene rings is 1. The van der Waals surface area contributed by atoms with Crippen molar-refractivity contribution in [1.29, 1.82) is 5.26 Å². The first kappa shape index (κ1) is 21.5. The summed E-state index contributed by atoms with van der Waals surface area (Å²) in [7, 11) is 1.67. The Morgan fingerprint density at radius 2 is 2.03 bits per heavy atom. The Balaban J connectivity index is 1.73. The molecular weight excluding hydrogens is 382 g/mol. The Hall–Kier alpha value is -3.24. The Kier molecular flexibility index (Phi) is 6.80. The van der Waals surface area contributed by atoms with Crippen molar-refractivity contribution in [2.45, 2.75) is 33.4 Å². The predicted octanol–water partition coefficient (Wildman–Crippen LogP) is 3.31. The van der Waals surface area contributed by atoms with Crippen LogP contribution in [0.15, 0.2) is 29.8 Å². The molecule has 1 aromatic carbocycles. The molecule has 2 heterocycles. The summed E-state index contributed by atoms with van der Waals surface area (Å²) in [6.07, 6.45) is 1.64. The molecule has 3 rings (SSSR count). The Bertz CT molecular complexity index is 1000. The van der Waals surface area contributed by atoms with Gasteiger partial charge in [0.15, 0.2) is 11.5 Å². The van der Waals surface area contributed by atoms with Gasteiger partial charge in [-0.05, 0) is 56.2 Å². The van der Waals surface area contributed by atoms with E-state index in [2.05, 4.69) is 16.8 Å². The Labute approximate surface area is 176 Å². The monoisotopic (exact) mass is 409 g/mol. The first-order valence-electron chi connectivity index (χ1n) is 9.90. The summed E-state index contributed by atoms with van der Waals surface area (Å²) in [4.78, 5) is 12.6. The molecule has 1 N–H and O–H groups in total. The number of methoxy groups -OCH3 is 1. The third kappa shape index (κ3) is 4.66. The maximum atomic E-state index is 12.6. The van der Waals surface area contributed by atoms with Crippen LogP contribution in [-0.2, 0) is 16.1 Å². The number of aromatic nitrogens is 1. The lowest BCUT2D eigenvalue weighted by atomic mass is 10.1. The normalized spacial score (nSPS) is 14.2. The lowest BCUT2D eigenvalue weighted by Gasteiger charge is -2.19. The van der Waals surface area contributed by atoms with Crippen LogP contribution in [0, 0.1) is 25.2 Å². The van der Waals surface area contributed by atoms with Gasteiger partial charge < -0.3 is 24.1 Å².